The van der Waals surface area contributed by atoms with Crippen molar-refractivity contribution in [3.05, 3.63) is 53.8 Å². The average Bonchev–Trinajstić information content (AvgIpc) is 2.40. The lowest BCUT2D eigenvalue weighted by molar-refractivity contribution is 0.628. The highest BCUT2D eigenvalue weighted by Crippen LogP contribution is 2.25. The maximum atomic E-state index is 14.0. The summed E-state index contributed by atoms with van der Waals surface area (Å²) < 4.78 is 14.0. The van der Waals surface area contributed by atoms with Gasteiger partial charge in [0.25, 0.3) is 0 Å². The minimum absolute atomic E-state index is 0.141. The summed E-state index contributed by atoms with van der Waals surface area (Å²) in [7, 11) is 1.87. The molecule has 0 heterocycles. The zero-order valence-electron chi connectivity index (χ0n) is 10.8. The number of benzene rings is 2. The molecule has 0 atom stereocenters. The molecule has 0 bridgehead atoms. The van der Waals surface area contributed by atoms with Crippen LogP contribution in [-0.2, 0) is 6.42 Å². The number of hydrogen-bond acceptors (Lipinski definition) is 1. The molecule has 2 aromatic carbocycles. The number of aryl methyl sites for hydroxylation is 1. The van der Waals surface area contributed by atoms with Gasteiger partial charge in [-0.3, -0.25) is 0 Å². The Labute approximate surface area is 108 Å². The van der Waals surface area contributed by atoms with E-state index in [0.29, 0.717) is 5.56 Å². The minimum atomic E-state index is -0.141. The van der Waals surface area contributed by atoms with Gasteiger partial charge in [-0.15, -0.1) is 0 Å². The molecule has 0 saturated carbocycles. The van der Waals surface area contributed by atoms with Crippen molar-refractivity contribution in [1.29, 1.82) is 0 Å². The first-order chi connectivity index (χ1) is 8.74. The molecule has 0 amide bonds. The predicted octanol–water partition coefficient (Wildman–Crippen LogP) is 4.49. The summed E-state index contributed by atoms with van der Waals surface area (Å²) in [5, 5.41) is 3.05. The van der Waals surface area contributed by atoms with Gasteiger partial charge >= 0.3 is 0 Å². The van der Waals surface area contributed by atoms with Crippen LogP contribution in [0, 0.1) is 5.82 Å². The third-order valence-corrected chi connectivity index (χ3v) is 3.06. The van der Waals surface area contributed by atoms with Crippen LogP contribution in [0.1, 0.15) is 18.9 Å². The molecule has 0 spiro atoms. The Balaban J connectivity index is 2.32. The molecule has 0 aliphatic heterocycles. The fourth-order valence-electron chi connectivity index (χ4n) is 2.05. The van der Waals surface area contributed by atoms with Crippen LogP contribution in [0.5, 0.6) is 0 Å². The van der Waals surface area contributed by atoms with Crippen molar-refractivity contribution in [1.82, 2.24) is 0 Å². The number of anilines is 1. The van der Waals surface area contributed by atoms with Crippen molar-refractivity contribution in [2.24, 2.45) is 0 Å². The van der Waals surface area contributed by atoms with E-state index in [4.69, 9.17) is 0 Å². The van der Waals surface area contributed by atoms with Crippen molar-refractivity contribution in [2.75, 3.05) is 12.4 Å². The van der Waals surface area contributed by atoms with E-state index in [1.54, 1.807) is 6.07 Å². The van der Waals surface area contributed by atoms with E-state index in [9.17, 15) is 4.39 Å². The minimum Gasteiger partial charge on any atom is -0.388 e. The molecule has 18 heavy (non-hydrogen) atoms. The first-order valence-electron chi connectivity index (χ1n) is 6.31. The Hall–Kier alpha value is -1.83. The first kappa shape index (κ1) is 12.6. The molecule has 0 fully saturated rings. The second kappa shape index (κ2) is 5.67. The van der Waals surface area contributed by atoms with Gasteiger partial charge in [0.2, 0.25) is 0 Å². The van der Waals surface area contributed by atoms with E-state index >= 15 is 0 Å². The lowest BCUT2D eigenvalue weighted by Crippen LogP contribution is -1.90. The van der Waals surface area contributed by atoms with Gasteiger partial charge in [-0.05, 0) is 35.7 Å². The van der Waals surface area contributed by atoms with E-state index in [1.165, 1.54) is 0 Å². The molecule has 1 nitrogen and oxygen atoms in total. The molecular weight excluding hydrogens is 225 g/mol. The number of hydrogen-bond donors (Lipinski definition) is 1. The monoisotopic (exact) mass is 243 g/mol. The Morgan fingerprint density at radius 2 is 1.78 bits per heavy atom. The molecule has 0 aliphatic carbocycles. The Morgan fingerprint density at radius 1 is 1.06 bits per heavy atom. The molecular formula is C16H18FN. The molecule has 2 aromatic rings. The Morgan fingerprint density at radius 3 is 2.33 bits per heavy atom. The summed E-state index contributed by atoms with van der Waals surface area (Å²) in [4.78, 5) is 0. The molecule has 94 valence electrons. The highest BCUT2D eigenvalue weighted by atomic mass is 19.1. The highest BCUT2D eigenvalue weighted by molar-refractivity contribution is 5.66. The fraction of sp³-hybridized carbons (Fsp3) is 0.250. The Kier molecular flexibility index (Phi) is 3.98. The van der Waals surface area contributed by atoms with Crippen molar-refractivity contribution >= 4 is 5.69 Å². The summed E-state index contributed by atoms with van der Waals surface area (Å²) in [5.74, 6) is -0.141. The van der Waals surface area contributed by atoms with Gasteiger partial charge in [-0.2, -0.15) is 0 Å². The molecule has 0 radical (unpaired) electrons. The highest BCUT2D eigenvalue weighted by Gasteiger charge is 2.05. The topological polar surface area (TPSA) is 12.0 Å². The quantitative estimate of drug-likeness (QED) is 0.834. The second-order valence-electron chi connectivity index (χ2n) is 4.39. The molecule has 0 aliphatic rings. The van der Waals surface area contributed by atoms with E-state index in [1.807, 2.05) is 43.4 Å². The maximum absolute atomic E-state index is 14.0. The van der Waals surface area contributed by atoms with Crippen molar-refractivity contribution in [3.63, 3.8) is 0 Å². The van der Waals surface area contributed by atoms with Crippen LogP contribution < -0.4 is 5.32 Å². The molecule has 0 unspecified atom stereocenters. The van der Waals surface area contributed by atoms with Crippen LogP contribution in [0.3, 0.4) is 0 Å². The van der Waals surface area contributed by atoms with Gasteiger partial charge in [0.15, 0.2) is 0 Å². The van der Waals surface area contributed by atoms with E-state index < -0.39 is 0 Å². The van der Waals surface area contributed by atoms with Crippen molar-refractivity contribution in [3.8, 4) is 11.1 Å². The van der Waals surface area contributed by atoms with E-state index in [-0.39, 0.29) is 5.82 Å². The summed E-state index contributed by atoms with van der Waals surface area (Å²) in [6.45, 7) is 2.10. The lowest BCUT2D eigenvalue weighted by Gasteiger charge is -2.07. The largest absolute Gasteiger partial charge is 0.388 e. The van der Waals surface area contributed by atoms with Gasteiger partial charge in [-0.25, -0.2) is 4.39 Å². The summed E-state index contributed by atoms with van der Waals surface area (Å²) >= 11 is 0. The van der Waals surface area contributed by atoms with Crippen LogP contribution in [0.15, 0.2) is 42.5 Å². The smallest absolute Gasteiger partial charge is 0.131 e. The molecule has 2 heteroatoms. The summed E-state index contributed by atoms with van der Waals surface area (Å²) in [6, 6.07) is 13.3. The maximum Gasteiger partial charge on any atom is 0.131 e. The molecule has 0 aromatic heterocycles. The molecule has 0 saturated heterocycles. The van der Waals surface area contributed by atoms with Gasteiger partial charge in [0, 0.05) is 18.3 Å². The van der Waals surface area contributed by atoms with Crippen molar-refractivity contribution in [2.45, 2.75) is 19.8 Å². The third kappa shape index (κ3) is 2.70. The number of nitrogens with one attached hydrogen (secondary N) is 1. The standard InChI is InChI=1S/C16H18FN/c1-3-4-12-5-10-15(16(17)11-12)13-6-8-14(18-2)9-7-13/h5-11,18H,3-4H2,1-2H3. The van der Waals surface area contributed by atoms with Gasteiger partial charge in [-0.1, -0.05) is 37.6 Å². The van der Waals surface area contributed by atoms with Gasteiger partial charge < -0.3 is 5.32 Å². The van der Waals surface area contributed by atoms with Gasteiger partial charge in [0.05, 0.1) is 0 Å². The predicted molar refractivity (Wildman–Crippen MR) is 75.4 cm³/mol. The van der Waals surface area contributed by atoms with E-state index in [2.05, 4.69) is 12.2 Å². The normalized spacial score (nSPS) is 10.4. The second-order valence-corrected chi connectivity index (χ2v) is 4.39. The van der Waals surface area contributed by atoms with Crippen LogP contribution >= 0.6 is 0 Å². The fourth-order valence-corrected chi connectivity index (χ4v) is 2.05. The zero-order chi connectivity index (χ0) is 13.0. The SMILES string of the molecule is CCCc1ccc(-c2ccc(NC)cc2)c(F)c1. The molecule has 2 rings (SSSR count). The van der Waals surface area contributed by atoms with Crippen LogP contribution in [0.25, 0.3) is 11.1 Å². The lowest BCUT2D eigenvalue weighted by atomic mass is 10.0. The summed E-state index contributed by atoms with van der Waals surface area (Å²) in [5.41, 5.74) is 3.67. The zero-order valence-corrected chi connectivity index (χ0v) is 10.8. The number of rotatable bonds is 4. The van der Waals surface area contributed by atoms with Crippen LogP contribution in [0.4, 0.5) is 10.1 Å². The van der Waals surface area contributed by atoms with Crippen LogP contribution in [0.2, 0.25) is 0 Å². The van der Waals surface area contributed by atoms with E-state index in [0.717, 1.165) is 29.7 Å². The summed E-state index contributed by atoms with van der Waals surface area (Å²) in [6.07, 6.45) is 1.96. The number of halogens is 1. The third-order valence-electron chi connectivity index (χ3n) is 3.06. The average molecular weight is 243 g/mol. The van der Waals surface area contributed by atoms with Gasteiger partial charge in [0.1, 0.15) is 5.82 Å². The first-order valence-corrected chi connectivity index (χ1v) is 6.31. The Bertz CT molecular complexity index is 517. The van der Waals surface area contributed by atoms with Crippen LogP contribution in [-0.4, -0.2) is 7.05 Å². The van der Waals surface area contributed by atoms with Crippen molar-refractivity contribution < 1.29 is 4.39 Å². The molecule has 1 N–H and O–H groups in total.